The summed E-state index contributed by atoms with van der Waals surface area (Å²) < 4.78 is 5.56. The lowest BCUT2D eigenvalue weighted by Gasteiger charge is -2.59. The van der Waals surface area contributed by atoms with Gasteiger partial charge >= 0.3 is 0 Å². The molecular formula is C16H29NO. The maximum atomic E-state index is 5.56. The van der Waals surface area contributed by atoms with Gasteiger partial charge in [-0.05, 0) is 37.5 Å². The summed E-state index contributed by atoms with van der Waals surface area (Å²) in [5.74, 6) is 0. The van der Waals surface area contributed by atoms with Crippen molar-refractivity contribution in [2.75, 3.05) is 7.11 Å². The van der Waals surface area contributed by atoms with Gasteiger partial charge in [-0.25, -0.2) is 0 Å². The van der Waals surface area contributed by atoms with E-state index in [2.05, 4.69) is 19.2 Å². The van der Waals surface area contributed by atoms with Gasteiger partial charge in [0.05, 0.1) is 6.10 Å². The summed E-state index contributed by atoms with van der Waals surface area (Å²) in [6.45, 7) is 4.71. The molecule has 3 unspecified atom stereocenters. The van der Waals surface area contributed by atoms with E-state index in [0.717, 1.165) is 6.04 Å². The predicted molar refractivity (Wildman–Crippen MR) is 74.7 cm³/mol. The van der Waals surface area contributed by atoms with E-state index < -0.39 is 0 Å². The maximum absolute atomic E-state index is 5.56. The highest BCUT2D eigenvalue weighted by atomic mass is 16.5. The SMILES string of the molecule is COC1CC(NC2CCC23CCCCC3)C1(C)C. The molecule has 104 valence electrons. The van der Waals surface area contributed by atoms with Crippen LogP contribution in [0.1, 0.15) is 65.2 Å². The van der Waals surface area contributed by atoms with Crippen LogP contribution < -0.4 is 5.32 Å². The molecular weight excluding hydrogens is 222 g/mol. The molecule has 3 fully saturated rings. The molecule has 18 heavy (non-hydrogen) atoms. The maximum Gasteiger partial charge on any atom is 0.0652 e. The van der Waals surface area contributed by atoms with Crippen molar-refractivity contribution in [3.63, 3.8) is 0 Å². The van der Waals surface area contributed by atoms with Crippen molar-refractivity contribution in [3.05, 3.63) is 0 Å². The first-order valence-corrected chi connectivity index (χ1v) is 7.87. The molecule has 1 spiro atoms. The lowest BCUT2D eigenvalue weighted by Crippen LogP contribution is -2.67. The first-order valence-electron chi connectivity index (χ1n) is 7.87. The second kappa shape index (κ2) is 4.49. The molecule has 0 aromatic rings. The Bertz CT molecular complexity index is 306. The smallest absolute Gasteiger partial charge is 0.0652 e. The first-order chi connectivity index (χ1) is 8.58. The molecule has 2 heteroatoms. The van der Waals surface area contributed by atoms with Gasteiger partial charge in [-0.2, -0.15) is 0 Å². The monoisotopic (exact) mass is 251 g/mol. The first kappa shape index (κ1) is 12.9. The van der Waals surface area contributed by atoms with Gasteiger partial charge < -0.3 is 10.1 Å². The molecule has 3 aliphatic rings. The average molecular weight is 251 g/mol. The Morgan fingerprint density at radius 3 is 2.22 bits per heavy atom. The molecule has 0 saturated heterocycles. The number of methoxy groups -OCH3 is 1. The van der Waals surface area contributed by atoms with Crippen LogP contribution in [0.15, 0.2) is 0 Å². The molecule has 3 rings (SSSR count). The number of rotatable bonds is 3. The third-order valence-corrected chi connectivity index (χ3v) is 6.38. The van der Waals surface area contributed by atoms with Crippen molar-refractivity contribution in [2.45, 2.75) is 83.4 Å². The summed E-state index contributed by atoms with van der Waals surface area (Å²) >= 11 is 0. The summed E-state index contributed by atoms with van der Waals surface area (Å²) in [5, 5.41) is 3.99. The Morgan fingerprint density at radius 1 is 1.00 bits per heavy atom. The van der Waals surface area contributed by atoms with E-state index in [1.807, 2.05) is 7.11 Å². The average Bonchev–Trinajstić information content (AvgIpc) is 2.37. The van der Waals surface area contributed by atoms with Gasteiger partial charge in [0.15, 0.2) is 0 Å². The molecule has 0 aliphatic heterocycles. The highest BCUT2D eigenvalue weighted by molar-refractivity contribution is 5.08. The van der Waals surface area contributed by atoms with E-state index in [1.54, 1.807) is 0 Å². The Kier molecular flexibility index (Phi) is 3.22. The molecule has 0 aromatic carbocycles. The quantitative estimate of drug-likeness (QED) is 0.829. The van der Waals surface area contributed by atoms with Crippen molar-refractivity contribution < 1.29 is 4.74 Å². The van der Waals surface area contributed by atoms with Gasteiger partial charge in [-0.1, -0.05) is 33.1 Å². The third kappa shape index (κ3) is 1.84. The van der Waals surface area contributed by atoms with E-state index in [4.69, 9.17) is 4.74 Å². The van der Waals surface area contributed by atoms with Crippen molar-refractivity contribution >= 4 is 0 Å². The van der Waals surface area contributed by atoms with Gasteiger partial charge in [0, 0.05) is 24.6 Å². The second-order valence-corrected chi connectivity index (χ2v) is 7.51. The molecule has 1 N–H and O–H groups in total. The zero-order valence-electron chi connectivity index (χ0n) is 12.3. The summed E-state index contributed by atoms with van der Waals surface area (Å²) in [7, 11) is 1.86. The Labute approximate surface area is 112 Å². The molecule has 3 saturated carbocycles. The molecule has 0 amide bonds. The van der Waals surface area contributed by atoms with E-state index in [0.29, 0.717) is 23.0 Å². The van der Waals surface area contributed by atoms with E-state index in [9.17, 15) is 0 Å². The number of hydrogen-bond donors (Lipinski definition) is 1. The van der Waals surface area contributed by atoms with Crippen molar-refractivity contribution in [1.29, 1.82) is 0 Å². The lowest BCUT2D eigenvalue weighted by molar-refractivity contribution is -0.114. The molecule has 0 aromatic heterocycles. The van der Waals surface area contributed by atoms with Crippen molar-refractivity contribution in [1.82, 2.24) is 5.32 Å². The Morgan fingerprint density at radius 2 is 1.72 bits per heavy atom. The normalized spacial score (nSPS) is 41.2. The number of hydrogen-bond acceptors (Lipinski definition) is 2. The molecule has 3 atom stereocenters. The highest BCUT2D eigenvalue weighted by Gasteiger charge is 2.53. The fourth-order valence-corrected chi connectivity index (χ4v) is 4.62. The minimum atomic E-state index is 0.320. The number of nitrogens with one attached hydrogen (secondary N) is 1. The van der Waals surface area contributed by atoms with Gasteiger partial charge in [-0.3, -0.25) is 0 Å². The van der Waals surface area contributed by atoms with Gasteiger partial charge in [0.1, 0.15) is 0 Å². The van der Waals surface area contributed by atoms with Crippen LogP contribution in [0.4, 0.5) is 0 Å². The van der Waals surface area contributed by atoms with Gasteiger partial charge in [0.2, 0.25) is 0 Å². The second-order valence-electron chi connectivity index (χ2n) is 7.51. The minimum Gasteiger partial charge on any atom is -0.381 e. The predicted octanol–water partition coefficient (Wildman–Crippen LogP) is 3.50. The van der Waals surface area contributed by atoms with Crippen molar-refractivity contribution in [3.8, 4) is 0 Å². The van der Waals surface area contributed by atoms with Crippen molar-refractivity contribution in [2.24, 2.45) is 10.8 Å². The lowest BCUT2D eigenvalue weighted by atomic mass is 9.56. The summed E-state index contributed by atoms with van der Waals surface area (Å²) in [6, 6.07) is 1.48. The van der Waals surface area contributed by atoms with Gasteiger partial charge in [-0.15, -0.1) is 0 Å². The topological polar surface area (TPSA) is 21.3 Å². The molecule has 0 heterocycles. The fraction of sp³-hybridized carbons (Fsp3) is 1.00. The summed E-state index contributed by atoms with van der Waals surface area (Å²) in [6.07, 6.45) is 11.9. The standard InChI is InChI=1S/C16H29NO/c1-15(2)13(11-14(15)18-3)17-12-7-10-16(12)8-5-4-6-9-16/h12-14,17H,4-11H2,1-3H3. The van der Waals surface area contributed by atoms with Crippen LogP contribution in [0.3, 0.4) is 0 Å². The zero-order chi connectivity index (χ0) is 12.8. The van der Waals surface area contributed by atoms with E-state index in [1.165, 1.54) is 51.4 Å². The van der Waals surface area contributed by atoms with Gasteiger partial charge in [0.25, 0.3) is 0 Å². The molecule has 2 nitrogen and oxygen atoms in total. The molecule has 0 bridgehead atoms. The van der Waals surface area contributed by atoms with E-state index >= 15 is 0 Å². The van der Waals surface area contributed by atoms with Crippen LogP contribution >= 0.6 is 0 Å². The molecule has 3 aliphatic carbocycles. The number of ether oxygens (including phenoxy) is 1. The Hall–Kier alpha value is -0.0800. The largest absolute Gasteiger partial charge is 0.381 e. The third-order valence-electron chi connectivity index (χ3n) is 6.38. The Balaban J connectivity index is 1.58. The van der Waals surface area contributed by atoms with Crippen LogP contribution in [0, 0.1) is 10.8 Å². The van der Waals surface area contributed by atoms with Crippen LogP contribution in [-0.4, -0.2) is 25.3 Å². The van der Waals surface area contributed by atoms with Crippen LogP contribution in [0.2, 0.25) is 0 Å². The summed E-state index contributed by atoms with van der Waals surface area (Å²) in [5.41, 5.74) is 1.01. The van der Waals surface area contributed by atoms with E-state index in [-0.39, 0.29) is 0 Å². The zero-order valence-corrected chi connectivity index (χ0v) is 12.3. The van der Waals surface area contributed by atoms with Crippen LogP contribution in [0.25, 0.3) is 0 Å². The molecule has 0 radical (unpaired) electrons. The minimum absolute atomic E-state index is 0.320. The van der Waals surface area contributed by atoms with Crippen LogP contribution in [-0.2, 0) is 4.74 Å². The summed E-state index contributed by atoms with van der Waals surface area (Å²) in [4.78, 5) is 0. The highest BCUT2D eigenvalue weighted by Crippen LogP contribution is 2.53. The fourth-order valence-electron chi connectivity index (χ4n) is 4.62. The van der Waals surface area contributed by atoms with Crippen LogP contribution in [0.5, 0.6) is 0 Å².